The minimum atomic E-state index is -0.109. The zero-order valence-corrected chi connectivity index (χ0v) is 26.1. The van der Waals surface area contributed by atoms with Crippen LogP contribution in [0.3, 0.4) is 0 Å². The number of hydrogen-bond donors (Lipinski definition) is 0. The average molecular weight is 562 g/mol. The molecule has 0 aromatic heterocycles. The fourth-order valence-corrected chi connectivity index (χ4v) is 6.31. The number of benzene rings is 6. The smallest absolute Gasteiger partial charge is 0.0629 e. The van der Waals surface area contributed by atoms with Crippen LogP contribution in [0.15, 0.2) is 127 Å². The molecule has 0 bridgehead atoms. The fourth-order valence-electron chi connectivity index (χ4n) is 6.31. The summed E-state index contributed by atoms with van der Waals surface area (Å²) in [4.78, 5) is 2.20. The number of fused-ring (bicyclic) bond motifs is 2. The Bertz CT molecular complexity index is 1970. The highest BCUT2D eigenvalue weighted by molar-refractivity contribution is 6.08. The van der Waals surface area contributed by atoms with E-state index < -0.39 is 0 Å². The van der Waals surface area contributed by atoms with Gasteiger partial charge in [0, 0.05) is 17.1 Å². The van der Waals surface area contributed by atoms with E-state index in [0.717, 1.165) is 33.6 Å². The van der Waals surface area contributed by atoms with E-state index in [1.54, 1.807) is 0 Å². The lowest BCUT2D eigenvalue weighted by atomic mass is 9.74. The summed E-state index contributed by atoms with van der Waals surface area (Å²) >= 11 is 0. The Morgan fingerprint density at radius 3 is 1.35 bits per heavy atom. The molecule has 0 aliphatic heterocycles. The van der Waals surface area contributed by atoms with Crippen molar-refractivity contribution in [2.24, 2.45) is 0 Å². The number of para-hydroxylation sites is 2. The van der Waals surface area contributed by atoms with E-state index in [9.17, 15) is 1.37 Å². The molecule has 0 saturated heterocycles. The monoisotopic (exact) mass is 561 g/mol. The van der Waals surface area contributed by atoms with Crippen molar-refractivity contribution in [2.75, 3.05) is 4.90 Å². The van der Waals surface area contributed by atoms with E-state index in [0.29, 0.717) is 0 Å². The maximum Gasteiger partial charge on any atom is 0.0629 e. The molecule has 0 radical (unpaired) electrons. The third-order valence-electron chi connectivity index (χ3n) is 8.03. The van der Waals surface area contributed by atoms with Crippen molar-refractivity contribution in [3.8, 4) is 0 Å². The van der Waals surface area contributed by atoms with Crippen LogP contribution in [0.4, 0.5) is 17.1 Å². The van der Waals surface area contributed by atoms with Gasteiger partial charge >= 0.3 is 0 Å². The first-order valence-electron chi connectivity index (χ1n) is 16.1. The van der Waals surface area contributed by atoms with E-state index >= 15 is 0 Å². The molecule has 1 nitrogen and oxygen atoms in total. The predicted molar refractivity (Wildman–Crippen MR) is 189 cm³/mol. The Balaban J connectivity index is 1.47. The third-order valence-corrected chi connectivity index (χ3v) is 8.03. The summed E-state index contributed by atoms with van der Waals surface area (Å²) in [6.45, 7) is 13.6. The molecular weight excluding hydrogens is 518 g/mol. The van der Waals surface area contributed by atoms with Gasteiger partial charge in [-0.3, -0.25) is 0 Å². The molecule has 0 fully saturated rings. The molecule has 6 aromatic carbocycles. The first-order chi connectivity index (χ1) is 21.4. The molecule has 0 saturated carbocycles. The van der Waals surface area contributed by atoms with Crippen LogP contribution in [0, 0.1) is 0 Å². The maximum atomic E-state index is 9.19. The van der Waals surface area contributed by atoms with E-state index in [1.165, 1.54) is 27.3 Å². The Labute approximate surface area is 259 Å². The van der Waals surface area contributed by atoms with Crippen molar-refractivity contribution >= 4 is 50.7 Å². The highest BCUT2D eigenvalue weighted by Crippen LogP contribution is 2.44. The van der Waals surface area contributed by atoms with Crippen molar-refractivity contribution in [2.45, 2.75) is 52.4 Å². The summed E-state index contributed by atoms with van der Waals surface area (Å²) < 4.78 is 18.3. The molecule has 214 valence electrons. The summed E-state index contributed by atoms with van der Waals surface area (Å²) in [6.07, 6.45) is 0. The van der Waals surface area contributed by atoms with E-state index in [4.69, 9.17) is 1.37 Å². The highest BCUT2D eigenvalue weighted by atomic mass is 15.1. The quantitative estimate of drug-likeness (QED) is 0.149. The van der Waals surface area contributed by atoms with Gasteiger partial charge in [-0.15, -0.1) is 0 Å². The molecular formula is C42H41N. The molecule has 1 heteroatoms. The van der Waals surface area contributed by atoms with Crippen LogP contribution in [0.2, 0.25) is 0 Å². The van der Waals surface area contributed by atoms with Gasteiger partial charge in [-0.05, 0) is 97.1 Å². The molecule has 0 unspecified atom stereocenters. The summed E-state index contributed by atoms with van der Waals surface area (Å²) in [7, 11) is 0. The molecule has 0 N–H and O–H groups in total. The highest BCUT2D eigenvalue weighted by Gasteiger charge is 2.27. The maximum absolute atomic E-state index is 9.19. The topological polar surface area (TPSA) is 3.24 Å². The van der Waals surface area contributed by atoms with E-state index in [-0.39, 0.29) is 22.9 Å². The molecule has 0 aliphatic rings. The van der Waals surface area contributed by atoms with Crippen LogP contribution in [0.5, 0.6) is 0 Å². The lowest BCUT2D eigenvalue weighted by Crippen LogP contribution is -2.17. The molecule has 0 atom stereocenters. The van der Waals surface area contributed by atoms with Crippen LogP contribution < -0.4 is 4.90 Å². The normalized spacial score (nSPS) is 13.4. The molecule has 43 heavy (non-hydrogen) atoms. The lowest BCUT2D eigenvalue weighted by Gasteiger charge is -2.30. The zero-order chi connectivity index (χ0) is 31.9. The lowest BCUT2D eigenvalue weighted by molar-refractivity contribution is 0.593. The summed E-state index contributed by atoms with van der Waals surface area (Å²) in [5.74, 6) is 0. The van der Waals surface area contributed by atoms with Crippen LogP contribution in [0.25, 0.3) is 33.6 Å². The Morgan fingerprint density at radius 2 is 0.837 bits per heavy atom. The molecule has 0 aliphatic carbocycles. The minimum absolute atomic E-state index is 0.0644. The number of nitrogens with zero attached hydrogens (tertiary/aromatic N) is 1. The SMILES string of the molecule is [2H]/C(=C(/[2H])c1ccc2c(C(C)(C)C)c3ccccc3c(C(C)(C)C)c2c1)c1ccc(N(c2ccccc2)c2ccccc2)cc1. The standard InChI is InChI=1S/C42H41N/c1-41(2,3)39-35-19-13-14-20-36(35)40(42(4,5)6)38-29-31(25-28-37(38)39)22-21-30-23-26-34(27-24-30)43(32-15-9-7-10-16-32)33-17-11-8-12-18-33/h7-29H,1-6H3/b22-21+/i21D,22D. The van der Waals surface area contributed by atoms with Crippen molar-refractivity contribution in [3.63, 3.8) is 0 Å². The van der Waals surface area contributed by atoms with Gasteiger partial charge in [0.15, 0.2) is 0 Å². The summed E-state index contributed by atoms with van der Waals surface area (Å²) in [5.41, 5.74) is 7.03. The second-order valence-electron chi connectivity index (χ2n) is 13.4. The van der Waals surface area contributed by atoms with E-state index in [1.807, 2.05) is 66.7 Å². The van der Waals surface area contributed by atoms with Gasteiger partial charge in [0.2, 0.25) is 0 Å². The van der Waals surface area contributed by atoms with Gasteiger partial charge in [0.05, 0.1) is 2.74 Å². The molecule has 6 rings (SSSR count). The zero-order valence-electron chi connectivity index (χ0n) is 28.1. The van der Waals surface area contributed by atoms with Gasteiger partial charge in [0.1, 0.15) is 0 Å². The van der Waals surface area contributed by atoms with Gasteiger partial charge in [-0.2, -0.15) is 0 Å². The first kappa shape index (κ1) is 26.0. The Hall–Kier alpha value is -4.62. The molecule has 0 heterocycles. The number of hydrogen-bond acceptors (Lipinski definition) is 1. The van der Waals surface area contributed by atoms with Crippen LogP contribution >= 0.6 is 0 Å². The Morgan fingerprint density at radius 1 is 0.442 bits per heavy atom. The summed E-state index contributed by atoms with van der Waals surface area (Å²) in [5, 5.41) is 4.94. The molecule has 6 aromatic rings. The van der Waals surface area contributed by atoms with Crippen molar-refractivity contribution < 1.29 is 2.74 Å². The van der Waals surface area contributed by atoms with Crippen LogP contribution in [0.1, 0.15) is 66.5 Å². The van der Waals surface area contributed by atoms with Crippen molar-refractivity contribution in [1.82, 2.24) is 0 Å². The molecule has 0 spiro atoms. The Kier molecular flexibility index (Phi) is 6.80. The van der Waals surface area contributed by atoms with Crippen LogP contribution in [-0.4, -0.2) is 0 Å². The van der Waals surface area contributed by atoms with Crippen LogP contribution in [-0.2, 0) is 10.8 Å². The summed E-state index contributed by atoms with van der Waals surface area (Å²) in [6, 6.07) is 44.1. The fraction of sp³-hybridized carbons (Fsp3) is 0.190. The van der Waals surface area contributed by atoms with Gasteiger partial charge < -0.3 is 4.90 Å². The van der Waals surface area contributed by atoms with Crippen molar-refractivity contribution in [3.05, 3.63) is 150 Å². The minimum Gasteiger partial charge on any atom is -0.311 e. The number of anilines is 3. The van der Waals surface area contributed by atoms with Gasteiger partial charge in [-0.25, -0.2) is 0 Å². The van der Waals surface area contributed by atoms with Crippen molar-refractivity contribution in [1.29, 1.82) is 0 Å². The first-order valence-corrected chi connectivity index (χ1v) is 15.1. The number of rotatable bonds is 5. The van der Waals surface area contributed by atoms with Gasteiger partial charge in [0.25, 0.3) is 0 Å². The average Bonchev–Trinajstić information content (AvgIpc) is 3.03. The third kappa shape index (κ3) is 5.73. The van der Waals surface area contributed by atoms with E-state index in [2.05, 4.69) is 107 Å². The van der Waals surface area contributed by atoms with Gasteiger partial charge in [-0.1, -0.05) is 139 Å². The second kappa shape index (κ2) is 11.2. The molecule has 0 amide bonds. The second-order valence-corrected chi connectivity index (χ2v) is 13.4. The predicted octanol–water partition coefficient (Wildman–Crippen LogP) is 12.2. The largest absolute Gasteiger partial charge is 0.311 e.